The second kappa shape index (κ2) is 13.0. The number of hydrogen-bond acceptors (Lipinski definition) is 3. The molecule has 0 rings (SSSR count). The molecular weight excluding hydrogens is 619 g/mol. The fraction of sp³-hybridized carbons (Fsp3) is 1.00. The second-order valence-corrected chi connectivity index (χ2v) is 10.1. The smallest absolute Gasteiger partial charge is 0.402 e. The molecule has 20 heteroatoms. The molecule has 1 unspecified atom stereocenters. The molecule has 40 heavy (non-hydrogen) atoms. The molecule has 0 aliphatic rings. The molecule has 0 saturated carbocycles. The fourth-order valence-corrected chi connectivity index (χ4v) is 3.69. The molecule has 1 atom stereocenters. The van der Waals surface area contributed by atoms with Crippen molar-refractivity contribution in [1.82, 2.24) is 0 Å². The van der Waals surface area contributed by atoms with Crippen LogP contribution in [0.4, 0.5) is 65.9 Å². The highest BCUT2D eigenvalue weighted by Crippen LogP contribution is 2.63. The van der Waals surface area contributed by atoms with Crippen LogP contribution in [-0.4, -0.2) is 90.6 Å². The third kappa shape index (κ3) is 6.72. The minimum absolute atomic E-state index is 0.252. The van der Waals surface area contributed by atoms with Crippen LogP contribution < -0.4 is 0 Å². The molecule has 4 nitrogen and oxygen atoms in total. The van der Waals surface area contributed by atoms with E-state index in [9.17, 15) is 78.8 Å². The van der Waals surface area contributed by atoms with Crippen molar-refractivity contribution >= 4 is 10.1 Å². The first kappa shape index (κ1) is 41.0. The van der Waals surface area contributed by atoms with Gasteiger partial charge in [-0.2, -0.15) is 61.5 Å². The van der Waals surface area contributed by atoms with Crippen molar-refractivity contribution in [2.45, 2.75) is 101 Å². The number of unbranched alkanes of at least 4 members (excludes halogenated alkanes) is 1. The number of alkyl halides is 15. The summed E-state index contributed by atoms with van der Waals surface area (Å²) < 4.78 is 230. The van der Waals surface area contributed by atoms with E-state index in [-0.39, 0.29) is 6.42 Å². The number of rotatable bonds is 15. The van der Waals surface area contributed by atoms with Gasteiger partial charge in [-0.1, -0.05) is 19.8 Å². The standard InChI is InChI=1S/C12H11F15O3S.C8H20N/c1-2-3-4-5(13)6(14,15)7(16,17)8(18,19)9(20,21)10(22,23)11(24,25)12(26,27)31(28,29)30;1-5-9(6-2,7-3)8-4/h5H,2-4H2,1H3,(H,28,29,30);5-8H2,1-4H3/q;+1/p-1. The SMILES string of the molecule is CCCCC(F)C(F)(F)C(F)(F)C(F)(F)C(F)(F)C(F)(F)C(F)(F)C(F)(F)S(=O)(=O)[O-].CC[N+](CC)(CC)CC. The number of hydrogen-bond donors (Lipinski definition) is 0. The summed E-state index contributed by atoms with van der Waals surface area (Å²) in [6.07, 6.45) is -7.14. The van der Waals surface area contributed by atoms with Gasteiger partial charge < -0.3 is 9.04 Å². The van der Waals surface area contributed by atoms with Crippen LogP contribution in [0.25, 0.3) is 0 Å². The summed E-state index contributed by atoms with van der Waals surface area (Å²) in [5.41, 5.74) is 0. The average molecular weight is 650 g/mol. The lowest BCUT2D eigenvalue weighted by molar-refractivity contribution is -0.921. The predicted octanol–water partition coefficient (Wildman–Crippen LogP) is 7.35. The Labute approximate surface area is 221 Å². The summed E-state index contributed by atoms with van der Waals surface area (Å²) in [7, 11) is -8.02. The Bertz CT molecular complexity index is 889. The van der Waals surface area contributed by atoms with Crippen LogP contribution in [0.2, 0.25) is 0 Å². The van der Waals surface area contributed by atoms with Crippen LogP contribution >= 0.6 is 0 Å². The quantitative estimate of drug-likeness (QED) is 0.106. The maximum atomic E-state index is 13.4. The van der Waals surface area contributed by atoms with E-state index < -0.39 is 69.9 Å². The topological polar surface area (TPSA) is 57.2 Å². The van der Waals surface area contributed by atoms with Crippen LogP contribution in [0.15, 0.2) is 0 Å². The molecule has 0 aliphatic carbocycles. The van der Waals surface area contributed by atoms with E-state index in [1.807, 2.05) is 0 Å². The van der Waals surface area contributed by atoms with Crippen LogP contribution in [0.1, 0.15) is 53.9 Å². The van der Waals surface area contributed by atoms with Gasteiger partial charge in [0, 0.05) is 0 Å². The highest BCUT2D eigenvalue weighted by atomic mass is 32.2. The van der Waals surface area contributed by atoms with Crippen molar-refractivity contribution in [2.75, 3.05) is 26.2 Å². The van der Waals surface area contributed by atoms with Gasteiger partial charge in [-0.3, -0.25) is 0 Å². The van der Waals surface area contributed by atoms with Crippen LogP contribution in [-0.2, 0) is 10.1 Å². The van der Waals surface area contributed by atoms with Crippen LogP contribution in [0, 0.1) is 0 Å². The van der Waals surface area contributed by atoms with Crippen molar-refractivity contribution in [2.24, 2.45) is 0 Å². The Morgan fingerprint density at radius 2 is 0.900 bits per heavy atom. The Hall–Kier alpha value is -1.18. The summed E-state index contributed by atoms with van der Waals surface area (Å²) in [6, 6.07) is 0. The molecule has 0 spiro atoms. The van der Waals surface area contributed by atoms with Crippen LogP contribution in [0.3, 0.4) is 0 Å². The van der Waals surface area contributed by atoms with Gasteiger partial charge in [0.15, 0.2) is 16.3 Å². The molecule has 0 fully saturated rings. The first-order chi connectivity index (χ1) is 17.5. The third-order valence-electron chi connectivity index (χ3n) is 6.56. The minimum Gasteiger partial charge on any atom is -0.743 e. The normalized spacial score (nSPS) is 15.9. The first-order valence-electron chi connectivity index (χ1n) is 11.6. The first-order valence-corrected chi connectivity index (χ1v) is 13.0. The van der Waals surface area contributed by atoms with E-state index in [1.54, 1.807) is 0 Å². The molecular formula is C20H30F15NO3S. The third-order valence-corrected chi connectivity index (χ3v) is 7.45. The molecule has 0 amide bonds. The minimum atomic E-state index is -8.57. The Balaban J connectivity index is 0. The van der Waals surface area contributed by atoms with E-state index in [0.717, 1.165) is 6.92 Å². The second-order valence-electron chi connectivity index (χ2n) is 8.68. The maximum Gasteiger partial charge on any atom is 0.402 e. The number of halogens is 15. The molecule has 0 heterocycles. The zero-order chi connectivity index (χ0) is 33.0. The Morgan fingerprint density at radius 1 is 0.600 bits per heavy atom. The van der Waals surface area contributed by atoms with Gasteiger partial charge >= 0.3 is 40.8 Å². The summed E-state index contributed by atoms with van der Waals surface area (Å²) in [6.45, 7) is 15.3. The van der Waals surface area contributed by atoms with Gasteiger partial charge in [-0.25, -0.2) is 12.8 Å². The lowest BCUT2D eigenvalue weighted by Gasteiger charge is -2.43. The van der Waals surface area contributed by atoms with E-state index >= 15 is 0 Å². The van der Waals surface area contributed by atoms with Crippen molar-refractivity contribution < 1.29 is 83.3 Å². The molecule has 0 radical (unpaired) electrons. The van der Waals surface area contributed by atoms with Crippen molar-refractivity contribution in [3.05, 3.63) is 0 Å². The summed E-state index contributed by atoms with van der Waals surface area (Å²) in [5.74, 6) is -48.7. The lowest BCUT2D eigenvalue weighted by atomic mass is 9.89. The van der Waals surface area contributed by atoms with E-state index in [2.05, 4.69) is 27.7 Å². The van der Waals surface area contributed by atoms with E-state index in [0.29, 0.717) is 0 Å². The number of nitrogens with zero attached hydrogens (tertiary/aromatic N) is 1. The molecule has 0 bridgehead atoms. The largest absolute Gasteiger partial charge is 0.743 e. The predicted molar refractivity (Wildman–Crippen MR) is 111 cm³/mol. The summed E-state index contributed by atoms with van der Waals surface area (Å²) >= 11 is 0. The van der Waals surface area contributed by atoms with Crippen molar-refractivity contribution in [3.8, 4) is 0 Å². The molecule has 0 aromatic rings. The van der Waals surface area contributed by atoms with Gasteiger partial charge in [0.25, 0.3) is 0 Å². The molecule has 0 N–H and O–H groups in total. The van der Waals surface area contributed by atoms with Crippen molar-refractivity contribution in [1.29, 1.82) is 0 Å². The molecule has 0 aromatic heterocycles. The van der Waals surface area contributed by atoms with Gasteiger partial charge in [0.1, 0.15) is 0 Å². The molecule has 244 valence electrons. The average Bonchev–Trinajstić information content (AvgIpc) is 2.83. The number of quaternary nitrogens is 1. The zero-order valence-electron chi connectivity index (χ0n) is 21.8. The molecule has 0 saturated heterocycles. The lowest BCUT2D eigenvalue weighted by Crippen LogP contribution is -2.74. The van der Waals surface area contributed by atoms with Crippen LogP contribution in [0.5, 0.6) is 0 Å². The van der Waals surface area contributed by atoms with Gasteiger partial charge in [0.05, 0.1) is 26.2 Å². The Kier molecular flexibility index (Phi) is 13.3. The molecule has 0 aliphatic heterocycles. The highest BCUT2D eigenvalue weighted by Gasteiger charge is 2.94. The van der Waals surface area contributed by atoms with Crippen molar-refractivity contribution in [3.63, 3.8) is 0 Å². The summed E-state index contributed by atoms with van der Waals surface area (Å²) in [4.78, 5) is 0. The van der Waals surface area contributed by atoms with E-state index in [1.165, 1.54) is 30.7 Å². The highest BCUT2D eigenvalue weighted by molar-refractivity contribution is 7.86. The van der Waals surface area contributed by atoms with E-state index in [4.69, 9.17) is 0 Å². The fourth-order valence-electron chi connectivity index (χ4n) is 3.24. The van der Waals surface area contributed by atoms with Gasteiger partial charge in [0.2, 0.25) is 0 Å². The maximum absolute atomic E-state index is 13.4. The summed E-state index contributed by atoms with van der Waals surface area (Å²) in [5, 5.41) is -7.80. The zero-order valence-corrected chi connectivity index (χ0v) is 22.6. The molecule has 0 aromatic carbocycles. The Morgan fingerprint density at radius 3 is 1.15 bits per heavy atom. The monoisotopic (exact) mass is 649 g/mol. The van der Waals surface area contributed by atoms with Gasteiger partial charge in [-0.15, -0.1) is 0 Å². The van der Waals surface area contributed by atoms with Gasteiger partial charge in [-0.05, 0) is 34.1 Å².